The number of nitrogens with one attached hydrogen (secondary N) is 2. The molecule has 0 aromatic heterocycles. The summed E-state index contributed by atoms with van der Waals surface area (Å²) in [6, 6.07) is -0.226. The Balaban J connectivity index is 2.22. The summed E-state index contributed by atoms with van der Waals surface area (Å²) >= 11 is 0. The highest BCUT2D eigenvalue weighted by molar-refractivity contribution is 5.75. The first-order valence-corrected chi connectivity index (χ1v) is 6.53. The lowest BCUT2D eigenvalue weighted by Gasteiger charge is -2.23. The predicted octanol–water partition coefficient (Wildman–Crippen LogP) is 0.633. The highest BCUT2D eigenvalue weighted by atomic mass is 16.4. The lowest BCUT2D eigenvalue weighted by molar-refractivity contribution is -0.137. The van der Waals surface area contributed by atoms with Gasteiger partial charge in [-0.1, -0.05) is 6.92 Å². The number of carboxylic acids is 1. The van der Waals surface area contributed by atoms with Gasteiger partial charge in [0, 0.05) is 18.6 Å². The van der Waals surface area contributed by atoms with Gasteiger partial charge in [-0.25, -0.2) is 4.79 Å². The standard InChI is InChI=1S/C12H23N3O3/c1-3-15-6-4-5-10(15)8-13-12(18)14-9(2)7-11(16)17/h9-10H,3-8H2,1-2H3,(H,16,17)(H2,13,14,18). The van der Waals surface area contributed by atoms with Crippen molar-refractivity contribution in [3.63, 3.8) is 0 Å². The van der Waals surface area contributed by atoms with Gasteiger partial charge in [-0.05, 0) is 32.9 Å². The molecule has 0 aromatic carbocycles. The smallest absolute Gasteiger partial charge is 0.315 e. The first-order chi connectivity index (χ1) is 8.52. The number of likely N-dealkylation sites (N-methyl/N-ethyl adjacent to an activating group) is 1. The summed E-state index contributed by atoms with van der Waals surface area (Å²) in [6.07, 6.45) is 2.23. The Morgan fingerprint density at radius 2 is 2.22 bits per heavy atom. The topological polar surface area (TPSA) is 81.7 Å². The first-order valence-electron chi connectivity index (χ1n) is 6.53. The van der Waals surface area contributed by atoms with E-state index in [1.807, 2.05) is 0 Å². The predicted molar refractivity (Wildman–Crippen MR) is 68.5 cm³/mol. The Labute approximate surface area is 108 Å². The van der Waals surface area contributed by atoms with Crippen LogP contribution in [0.2, 0.25) is 0 Å². The van der Waals surface area contributed by atoms with E-state index in [0.717, 1.165) is 19.5 Å². The number of hydrogen-bond donors (Lipinski definition) is 3. The molecule has 0 radical (unpaired) electrons. The fraction of sp³-hybridized carbons (Fsp3) is 0.833. The van der Waals surface area contributed by atoms with E-state index in [2.05, 4.69) is 22.5 Å². The van der Waals surface area contributed by atoms with Crippen LogP contribution in [0.1, 0.15) is 33.1 Å². The van der Waals surface area contributed by atoms with Crippen LogP contribution < -0.4 is 10.6 Å². The minimum Gasteiger partial charge on any atom is -0.481 e. The van der Waals surface area contributed by atoms with Crippen LogP contribution >= 0.6 is 0 Å². The molecule has 0 bridgehead atoms. The molecule has 6 nitrogen and oxygen atoms in total. The van der Waals surface area contributed by atoms with Crippen LogP contribution in [0.3, 0.4) is 0 Å². The van der Waals surface area contributed by atoms with Crippen LogP contribution in [0, 0.1) is 0 Å². The van der Waals surface area contributed by atoms with Gasteiger partial charge in [0.15, 0.2) is 0 Å². The Morgan fingerprint density at radius 1 is 1.50 bits per heavy atom. The van der Waals surface area contributed by atoms with Gasteiger partial charge in [0.05, 0.1) is 6.42 Å². The summed E-state index contributed by atoms with van der Waals surface area (Å²) in [4.78, 5) is 24.4. The maximum atomic E-state index is 11.6. The van der Waals surface area contributed by atoms with Crippen LogP contribution in [-0.2, 0) is 4.79 Å². The molecular weight excluding hydrogens is 234 g/mol. The Hall–Kier alpha value is -1.30. The summed E-state index contributed by atoms with van der Waals surface area (Å²) in [7, 11) is 0. The molecular formula is C12H23N3O3. The zero-order chi connectivity index (χ0) is 13.5. The fourth-order valence-electron chi connectivity index (χ4n) is 2.34. The van der Waals surface area contributed by atoms with Crippen molar-refractivity contribution in [2.75, 3.05) is 19.6 Å². The first kappa shape index (κ1) is 14.8. The second kappa shape index (κ2) is 7.20. The van der Waals surface area contributed by atoms with Crippen molar-refractivity contribution in [1.82, 2.24) is 15.5 Å². The number of urea groups is 1. The average molecular weight is 257 g/mol. The molecule has 0 aliphatic carbocycles. The Morgan fingerprint density at radius 3 is 2.83 bits per heavy atom. The zero-order valence-corrected chi connectivity index (χ0v) is 11.1. The van der Waals surface area contributed by atoms with Crippen molar-refractivity contribution in [3.05, 3.63) is 0 Å². The lowest BCUT2D eigenvalue weighted by atomic mass is 10.2. The van der Waals surface area contributed by atoms with Crippen molar-refractivity contribution >= 4 is 12.0 Å². The van der Waals surface area contributed by atoms with Gasteiger partial charge < -0.3 is 15.7 Å². The van der Waals surface area contributed by atoms with Gasteiger partial charge in [-0.15, -0.1) is 0 Å². The molecule has 1 aliphatic heterocycles. The van der Waals surface area contributed by atoms with Crippen LogP contribution in [0.4, 0.5) is 4.79 Å². The number of nitrogens with zero attached hydrogens (tertiary/aromatic N) is 1. The number of aliphatic carboxylic acids is 1. The molecule has 1 rings (SSSR count). The number of amides is 2. The monoisotopic (exact) mass is 257 g/mol. The number of carbonyl (C=O) groups is 2. The molecule has 2 atom stereocenters. The van der Waals surface area contributed by atoms with Crippen molar-refractivity contribution in [1.29, 1.82) is 0 Å². The van der Waals surface area contributed by atoms with E-state index in [0.29, 0.717) is 12.6 Å². The summed E-state index contributed by atoms with van der Waals surface area (Å²) in [5.41, 5.74) is 0. The summed E-state index contributed by atoms with van der Waals surface area (Å²) in [5.74, 6) is -0.907. The minimum absolute atomic E-state index is 0.0576. The molecule has 2 amide bonds. The molecule has 3 N–H and O–H groups in total. The van der Waals surface area contributed by atoms with E-state index < -0.39 is 5.97 Å². The molecule has 1 fully saturated rings. The van der Waals surface area contributed by atoms with Gasteiger partial charge >= 0.3 is 12.0 Å². The zero-order valence-electron chi connectivity index (χ0n) is 11.1. The number of carboxylic acid groups (broad SMARTS) is 1. The minimum atomic E-state index is -0.907. The molecule has 18 heavy (non-hydrogen) atoms. The highest BCUT2D eigenvalue weighted by Crippen LogP contribution is 2.15. The van der Waals surface area contributed by atoms with E-state index >= 15 is 0 Å². The van der Waals surface area contributed by atoms with Gasteiger partial charge in [0.25, 0.3) is 0 Å². The van der Waals surface area contributed by atoms with Crippen LogP contribution in [0.15, 0.2) is 0 Å². The van der Waals surface area contributed by atoms with E-state index in [1.165, 1.54) is 6.42 Å². The third kappa shape index (κ3) is 4.91. The number of hydrogen-bond acceptors (Lipinski definition) is 3. The lowest BCUT2D eigenvalue weighted by Crippen LogP contribution is -2.46. The van der Waals surface area contributed by atoms with Gasteiger partial charge in [-0.3, -0.25) is 9.69 Å². The van der Waals surface area contributed by atoms with Crippen molar-refractivity contribution < 1.29 is 14.7 Å². The SMILES string of the molecule is CCN1CCCC1CNC(=O)NC(C)CC(=O)O. The molecule has 1 aliphatic rings. The molecule has 1 saturated heterocycles. The van der Waals surface area contributed by atoms with Crippen molar-refractivity contribution in [3.8, 4) is 0 Å². The van der Waals surface area contributed by atoms with E-state index in [1.54, 1.807) is 6.92 Å². The van der Waals surface area contributed by atoms with Crippen LogP contribution in [0.25, 0.3) is 0 Å². The molecule has 6 heteroatoms. The van der Waals surface area contributed by atoms with Crippen molar-refractivity contribution in [2.24, 2.45) is 0 Å². The number of rotatable bonds is 6. The molecule has 0 aromatic rings. The maximum absolute atomic E-state index is 11.6. The summed E-state index contributed by atoms with van der Waals surface area (Å²) < 4.78 is 0. The molecule has 0 saturated carbocycles. The highest BCUT2D eigenvalue weighted by Gasteiger charge is 2.23. The normalized spacial score (nSPS) is 21.6. The van der Waals surface area contributed by atoms with E-state index in [-0.39, 0.29) is 18.5 Å². The van der Waals surface area contributed by atoms with E-state index in [4.69, 9.17) is 5.11 Å². The van der Waals surface area contributed by atoms with Gasteiger partial charge in [0.1, 0.15) is 0 Å². The largest absolute Gasteiger partial charge is 0.481 e. The third-order valence-corrected chi connectivity index (χ3v) is 3.26. The average Bonchev–Trinajstić information content (AvgIpc) is 2.72. The summed E-state index contributed by atoms with van der Waals surface area (Å²) in [5, 5.41) is 14.0. The number of likely N-dealkylation sites (tertiary alicyclic amines) is 1. The molecule has 104 valence electrons. The van der Waals surface area contributed by atoms with Crippen molar-refractivity contribution in [2.45, 2.75) is 45.2 Å². The molecule has 0 spiro atoms. The Kier molecular flexibility index (Phi) is 5.91. The molecule has 1 heterocycles. The summed E-state index contributed by atoms with van der Waals surface area (Å²) in [6.45, 7) is 6.53. The van der Waals surface area contributed by atoms with Crippen LogP contribution in [-0.4, -0.2) is 53.7 Å². The molecule has 2 unspecified atom stereocenters. The second-order valence-electron chi connectivity index (χ2n) is 4.78. The third-order valence-electron chi connectivity index (χ3n) is 3.26. The second-order valence-corrected chi connectivity index (χ2v) is 4.78. The maximum Gasteiger partial charge on any atom is 0.315 e. The van der Waals surface area contributed by atoms with Crippen LogP contribution in [0.5, 0.6) is 0 Å². The van der Waals surface area contributed by atoms with Gasteiger partial charge in [0.2, 0.25) is 0 Å². The quantitative estimate of drug-likeness (QED) is 0.652. The fourth-order valence-corrected chi connectivity index (χ4v) is 2.34. The van der Waals surface area contributed by atoms with E-state index in [9.17, 15) is 9.59 Å². The van der Waals surface area contributed by atoms with Gasteiger partial charge in [-0.2, -0.15) is 0 Å². The Bertz CT molecular complexity index is 296. The number of carbonyl (C=O) groups excluding carboxylic acids is 1.